The second-order valence-electron chi connectivity index (χ2n) is 7.04. The van der Waals surface area contributed by atoms with Gasteiger partial charge in [-0.05, 0) is 72.9 Å². The quantitative estimate of drug-likeness (QED) is 0.629. The van der Waals surface area contributed by atoms with Gasteiger partial charge in [-0.2, -0.15) is 0 Å². The predicted molar refractivity (Wildman–Crippen MR) is 90.4 cm³/mol. The van der Waals surface area contributed by atoms with E-state index in [0.29, 0.717) is 11.7 Å². The van der Waals surface area contributed by atoms with E-state index in [0.717, 1.165) is 17.9 Å². The Labute approximate surface area is 145 Å². The van der Waals surface area contributed by atoms with Crippen LogP contribution in [0.4, 0.5) is 4.39 Å². The van der Waals surface area contributed by atoms with Crippen LogP contribution in [0.1, 0.15) is 47.5 Å². The van der Waals surface area contributed by atoms with Crippen molar-refractivity contribution < 1.29 is 19.1 Å². The molecule has 0 aliphatic heterocycles. The SMILES string of the molecule is O=C(NO)c1ccc(Oc2ccc(C3C[C@@H]4CC[C@H]3C4)cc2)c(F)c1. The maximum atomic E-state index is 14.1. The topological polar surface area (TPSA) is 58.6 Å². The number of amides is 1. The highest BCUT2D eigenvalue weighted by Crippen LogP contribution is 2.52. The van der Waals surface area contributed by atoms with Crippen molar-refractivity contribution in [1.82, 2.24) is 5.48 Å². The minimum Gasteiger partial charge on any atom is -0.454 e. The van der Waals surface area contributed by atoms with Gasteiger partial charge in [-0.25, -0.2) is 9.87 Å². The Morgan fingerprint density at radius 1 is 1.12 bits per heavy atom. The van der Waals surface area contributed by atoms with E-state index >= 15 is 0 Å². The first-order chi connectivity index (χ1) is 12.1. The highest BCUT2D eigenvalue weighted by Gasteiger charge is 2.39. The normalized spacial score (nSPS) is 24.3. The van der Waals surface area contributed by atoms with Crippen molar-refractivity contribution in [3.05, 3.63) is 59.4 Å². The van der Waals surface area contributed by atoms with E-state index < -0.39 is 11.7 Å². The first-order valence-corrected chi connectivity index (χ1v) is 8.66. The maximum Gasteiger partial charge on any atom is 0.274 e. The van der Waals surface area contributed by atoms with Gasteiger partial charge in [-0.15, -0.1) is 0 Å². The van der Waals surface area contributed by atoms with E-state index in [4.69, 9.17) is 9.94 Å². The largest absolute Gasteiger partial charge is 0.454 e. The Hall–Kier alpha value is -2.40. The summed E-state index contributed by atoms with van der Waals surface area (Å²) >= 11 is 0. The molecule has 2 aromatic carbocycles. The number of hydrogen-bond acceptors (Lipinski definition) is 3. The van der Waals surface area contributed by atoms with Crippen LogP contribution in [0.3, 0.4) is 0 Å². The molecule has 0 spiro atoms. The molecule has 2 aromatic rings. The van der Waals surface area contributed by atoms with Crippen LogP contribution in [0.2, 0.25) is 0 Å². The zero-order valence-electron chi connectivity index (χ0n) is 13.7. The molecule has 2 aliphatic carbocycles. The third kappa shape index (κ3) is 3.12. The summed E-state index contributed by atoms with van der Waals surface area (Å²) in [6.07, 6.45) is 5.37. The average molecular weight is 341 g/mol. The highest BCUT2D eigenvalue weighted by molar-refractivity contribution is 5.93. The highest BCUT2D eigenvalue weighted by atomic mass is 19.1. The number of ether oxygens (including phenoxy) is 1. The summed E-state index contributed by atoms with van der Waals surface area (Å²) in [6.45, 7) is 0. The van der Waals surface area contributed by atoms with E-state index in [2.05, 4.69) is 12.1 Å². The molecule has 4 rings (SSSR count). The monoisotopic (exact) mass is 341 g/mol. The van der Waals surface area contributed by atoms with Gasteiger partial charge >= 0.3 is 0 Å². The lowest BCUT2D eigenvalue weighted by Crippen LogP contribution is -2.18. The van der Waals surface area contributed by atoms with E-state index in [1.165, 1.54) is 48.9 Å². The Morgan fingerprint density at radius 2 is 1.92 bits per heavy atom. The molecule has 0 aromatic heterocycles. The van der Waals surface area contributed by atoms with E-state index in [1.54, 1.807) is 0 Å². The third-order valence-electron chi connectivity index (χ3n) is 5.57. The van der Waals surface area contributed by atoms with Crippen molar-refractivity contribution in [2.45, 2.75) is 31.6 Å². The Bertz CT molecular complexity index is 790. The second kappa shape index (κ2) is 6.48. The van der Waals surface area contributed by atoms with Crippen molar-refractivity contribution in [1.29, 1.82) is 0 Å². The summed E-state index contributed by atoms with van der Waals surface area (Å²) in [6, 6.07) is 11.7. The standard InChI is InChI=1S/C20H20FNO3/c21-18-11-15(20(23)22-24)5-8-19(18)25-16-6-3-13(4-7-16)17-10-12-1-2-14(17)9-12/h3-8,11-12,14,17,24H,1-2,9-10H2,(H,22,23)/t12-,14+,17?/m1/s1. The number of nitrogens with one attached hydrogen (secondary N) is 1. The van der Waals surface area contributed by atoms with Crippen LogP contribution in [0, 0.1) is 17.7 Å². The van der Waals surface area contributed by atoms with Crippen molar-refractivity contribution in [2.75, 3.05) is 0 Å². The molecule has 0 radical (unpaired) electrons. The van der Waals surface area contributed by atoms with Gasteiger partial charge in [0.25, 0.3) is 5.91 Å². The maximum absolute atomic E-state index is 14.1. The van der Waals surface area contributed by atoms with Crippen molar-refractivity contribution >= 4 is 5.91 Å². The first kappa shape index (κ1) is 16.1. The van der Waals surface area contributed by atoms with Gasteiger partial charge in [0.2, 0.25) is 0 Å². The van der Waals surface area contributed by atoms with Crippen LogP contribution in [0.25, 0.3) is 0 Å². The fourth-order valence-electron chi connectivity index (χ4n) is 4.35. The lowest BCUT2D eigenvalue weighted by atomic mass is 9.83. The number of benzene rings is 2. The molecule has 5 heteroatoms. The summed E-state index contributed by atoms with van der Waals surface area (Å²) in [4.78, 5) is 11.3. The van der Waals surface area contributed by atoms with Crippen LogP contribution in [-0.4, -0.2) is 11.1 Å². The van der Waals surface area contributed by atoms with Gasteiger partial charge < -0.3 is 4.74 Å². The predicted octanol–water partition coefficient (Wildman–Crippen LogP) is 4.64. The molecule has 2 aliphatic rings. The smallest absolute Gasteiger partial charge is 0.274 e. The molecular weight excluding hydrogens is 321 g/mol. The summed E-state index contributed by atoms with van der Waals surface area (Å²) in [5, 5.41) is 8.59. The lowest BCUT2D eigenvalue weighted by Gasteiger charge is -2.22. The number of halogens is 1. The van der Waals surface area contributed by atoms with Gasteiger partial charge in [0, 0.05) is 5.56 Å². The van der Waals surface area contributed by atoms with Crippen LogP contribution in [-0.2, 0) is 0 Å². The van der Waals surface area contributed by atoms with Crippen LogP contribution in [0.15, 0.2) is 42.5 Å². The summed E-state index contributed by atoms with van der Waals surface area (Å²) in [5.74, 6) is 1.56. The Kier molecular flexibility index (Phi) is 4.17. The fraction of sp³-hybridized carbons (Fsp3) is 0.350. The van der Waals surface area contributed by atoms with Crippen molar-refractivity contribution in [2.24, 2.45) is 11.8 Å². The molecule has 2 saturated carbocycles. The number of carbonyl (C=O) groups is 1. The average Bonchev–Trinajstić information content (AvgIpc) is 3.27. The molecule has 25 heavy (non-hydrogen) atoms. The van der Waals surface area contributed by atoms with Gasteiger partial charge in [0.15, 0.2) is 11.6 Å². The molecule has 1 unspecified atom stereocenters. The summed E-state index contributed by atoms with van der Waals surface area (Å²) in [5.41, 5.74) is 2.84. The molecule has 3 atom stereocenters. The molecule has 2 bridgehead atoms. The second-order valence-corrected chi connectivity index (χ2v) is 7.04. The molecule has 2 fully saturated rings. The number of carbonyl (C=O) groups excluding carboxylic acids is 1. The molecule has 1 amide bonds. The summed E-state index contributed by atoms with van der Waals surface area (Å²) < 4.78 is 19.7. The first-order valence-electron chi connectivity index (χ1n) is 8.66. The molecule has 130 valence electrons. The molecular formula is C20H20FNO3. The number of fused-ring (bicyclic) bond motifs is 2. The van der Waals surface area contributed by atoms with Gasteiger partial charge in [0.05, 0.1) is 0 Å². The van der Waals surface area contributed by atoms with E-state index in [1.807, 2.05) is 12.1 Å². The minimum atomic E-state index is -0.763. The van der Waals surface area contributed by atoms with E-state index in [-0.39, 0.29) is 11.3 Å². The summed E-state index contributed by atoms with van der Waals surface area (Å²) in [7, 11) is 0. The Morgan fingerprint density at radius 3 is 2.52 bits per heavy atom. The van der Waals surface area contributed by atoms with Crippen molar-refractivity contribution in [3.63, 3.8) is 0 Å². The van der Waals surface area contributed by atoms with Gasteiger partial charge in [-0.1, -0.05) is 18.6 Å². The van der Waals surface area contributed by atoms with Gasteiger partial charge in [-0.3, -0.25) is 10.0 Å². The molecule has 2 N–H and O–H groups in total. The Balaban J connectivity index is 1.47. The molecule has 0 heterocycles. The van der Waals surface area contributed by atoms with Crippen LogP contribution >= 0.6 is 0 Å². The number of hydrogen-bond donors (Lipinski definition) is 2. The van der Waals surface area contributed by atoms with Crippen LogP contribution < -0.4 is 10.2 Å². The molecule has 4 nitrogen and oxygen atoms in total. The van der Waals surface area contributed by atoms with E-state index in [9.17, 15) is 9.18 Å². The number of hydroxylamine groups is 1. The lowest BCUT2D eigenvalue weighted by molar-refractivity contribution is 0.0706. The number of rotatable bonds is 4. The zero-order valence-corrected chi connectivity index (χ0v) is 13.7. The molecule has 0 saturated heterocycles. The minimum absolute atomic E-state index is 0.0268. The van der Waals surface area contributed by atoms with Gasteiger partial charge in [0.1, 0.15) is 5.75 Å². The zero-order chi connectivity index (χ0) is 17.4. The van der Waals surface area contributed by atoms with Crippen molar-refractivity contribution in [3.8, 4) is 11.5 Å². The van der Waals surface area contributed by atoms with Crippen LogP contribution in [0.5, 0.6) is 11.5 Å². The fourth-order valence-corrected chi connectivity index (χ4v) is 4.35. The third-order valence-corrected chi connectivity index (χ3v) is 5.57.